The van der Waals surface area contributed by atoms with Crippen molar-refractivity contribution in [3.05, 3.63) is 65.8 Å². The van der Waals surface area contributed by atoms with Gasteiger partial charge in [0.2, 0.25) is 0 Å². The molecule has 46 heavy (non-hydrogen) atoms. The summed E-state index contributed by atoms with van der Waals surface area (Å²) in [7, 11) is 3.66. The molecule has 1 amide bonds. The second-order valence-corrected chi connectivity index (χ2v) is 11.9. The fraction of sp³-hybridized carbons (Fsp3) is 0.364. The van der Waals surface area contributed by atoms with Crippen molar-refractivity contribution in [1.29, 1.82) is 5.26 Å². The summed E-state index contributed by atoms with van der Waals surface area (Å²) in [5, 5.41) is 11.8. The van der Waals surface area contributed by atoms with Gasteiger partial charge in [-0.1, -0.05) is 48.5 Å². The molecular weight excluding hydrogens is 616 g/mol. The number of pyridine rings is 1. The van der Waals surface area contributed by atoms with Gasteiger partial charge in [-0.3, -0.25) is 14.7 Å². The van der Waals surface area contributed by atoms with Gasteiger partial charge in [0.25, 0.3) is 5.91 Å². The second-order valence-electron chi connectivity index (χ2n) is 11.5. The van der Waals surface area contributed by atoms with Crippen LogP contribution < -0.4 is 9.64 Å². The highest BCUT2D eigenvalue weighted by Gasteiger charge is 2.34. The van der Waals surface area contributed by atoms with E-state index in [9.17, 15) is 14.4 Å². The lowest BCUT2D eigenvalue weighted by Crippen LogP contribution is -2.55. The third-order valence-corrected chi connectivity index (χ3v) is 9.06. The van der Waals surface area contributed by atoms with Crippen molar-refractivity contribution in [3.8, 4) is 23.3 Å². The van der Waals surface area contributed by atoms with Gasteiger partial charge in [0.05, 0.1) is 30.0 Å². The van der Waals surface area contributed by atoms with Crippen LogP contribution in [0.5, 0.6) is 6.01 Å². The van der Waals surface area contributed by atoms with Crippen LogP contribution in [-0.4, -0.2) is 95.8 Å². The summed E-state index contributed by atoms with van der Waals surface area (Å²) in [5.41, 5.74) is 0.576. The van der Waals surface area contributed by atoms with Gasteiger partial charge < -0.3 is 19.3 Å². The highest BCUT2D eigenvalue weighted by Crippen LogP contribution is 2.38. The molecule has 0 saturated carbocycles. The number of nitriles is 1. The Kier molecular flexibility index (Phi) is 8.99. The van der Waals surface area contributed by atoms with E-state index in [0.717, 1.165) is 18.4 Å². The molecule has 0 N–H and O–H groups in total. The Morgan fingerprint density at radius 2 is 1.96 bits per heavy atom. The monoisotopic (exact) mass is 647 g/mol. The SMILES string of the molecule is C=C(F)C(=O)N1CCN(c2nc(OC[C@@H]3C[C@@H](OC)CN3C)nc3c(F)c(-c4cccc5cccc(Cl)c45)ncc23)C[C@@H]1CC#N. The lowest BCUT2D eigenvalue weighted by atomic mass is 10.0. The van der Waals surface area contributed by atoms with Gasteiger partial charge in [-0.2, -0.15) is 15.2 Å². The molecule has 4 aromatic rings. The molecule has 0 spiro atoms. The van der Waals surface area contributed by atoms with Crippen molar-refractivity contribution in [2.24, 2.45) is 0 Å². The number of amides is 1. The van der Waals surface area contributed by atoms with Gasteiger partial charge >= 0.3 is 6.01 Å². The quantitative estimate of drug-likeness (QED) is 0.240. The number of likely N-dealkylation sites (tertiary alicyclic amines) is 1. The first kappa shape index (κ1) is 31.5. The Morgan fingerprint density at radius 1 is 1.17 bits per heavy atom. The summed E-state index contributed by atoms with van der Waals surface area (Å²) in [6, 6.07) is 12.4. The van der Waals surface area contributed by atoms with E-state index >= 15 is 4.39 Å². The van der Waals surface area contributed by atoms with E-state index in [1.165, 1.54) is 11.1 Å². The Balaban J connectivity index is 1.44. The van der Waals surface area contributed by atoms with Crippen LogP contribution in [0.4, 0.5) is 14.6 Å². The van der Waals surface area contributed by atoms with Crippen molar-refractivity contribution in [2.75, 3.05) is 51.8 Å². The number of anilines is 1. The lowest BCUT2D eigenvalue weighted by molar-refractivity contribution is -0.131. The van der Waals surface area contributed by atoms with E-state index in [-0.39, 0.29) is 62.0 Å². The fourth-order valence-electron chi connectivity index (χ4n) is 6.32. The summed E-state index contributed by atoms with van der Waals surface area (Å²) in [4.78, 5) is 31.5. The van der Waals surface area contributed by atoms with Crippen LogP contribution in [0.3, 0.4) is 0 Å². The molecule has 2 aliphatic heterocycles. The smallest absolute Gasteiger partial charge is 0.319 e. The van der Waals surface area contributed by atoms with Gasteiger partial charge in [0.1, 0.15) is 23.6 Å². The zero-order chi connectivity index (χ0) is 32.5. The van der Waals surface area contributed by atoms with Crippen molar-refractivity contribution in [1.82, 2.24) is 24.8 Å². The molecule has 3 atom stereocenters. The fourth-order valence-corrected chi connectivity index (χ4v) is 6.61. The molecule has 2 aliphatic rings. The van der Waals surface area contributed by atoms with Crippen molar-refractivity contribution in [3.63, 3.8) is 0 Å². The Bertz CT molecular complexity index is 1860. The minimum atomic E-state index is -1.10. The minimum Gasteiger partial charge on any atom is -0.462 e. The van der Waals surface area contributed by atoms with Gasteiger partial charge in [-0.25, -0.2) is 8.78 Å². The number of fused-ring (bicyclic) bond motifs is 2. The first-order chi connectivity index (χ1) is 22.2. The number of hydrogen-bond acceptors (Lipinski definition) is 9. The number of likely N-dealkylation sites (N-methyl/N-ethyl adjacent to an activating group) is 1. The van der Waals surface area contributed by atoms with E-state index in [2.05, 4.69) is 27.5 Å². The first-order valence-electron chi connectivity index (χ1n) is 14.9. The second kappa shape index (κ2) is 13.1. The number of methoxy groups -OCH3 is 1. The molecule has 6 rings (SSSR count). The topological polar surface area (TPSA) is 108 Å². The lowest BCUT2D eigenvalue weighted by Gasteiger charge is -2.41. The number of nitrogens with zero attached hydrogens (tertiary/aromatic N) is 7. The molecule has 0 bridgehead atoms. The van der Waals surface area contributed by atoms with Crippen molar-refractivity contribution >= 4 is 45.0 Å². The van der Waals surface area contributed by atoms with Gasteiger partial charge in [0, 0.05) is 61.5 Å². The zero-order valence-corrected chi connectivity index (χ0v) is 26.2. The number of ether oxygens (including phenoxy) is 2. The van der Waals surface area contributed by atoms with Crippen LogP contribution in [0, 0.1) is 17.1 Å². The van der Waals surface area contributed by atoms with Crippen LogP contribution in [0.1, 0.15) is 12.8 Å². The van der Waals surface area contributed by atoms with E-state index < -0.39 is 23.6 Å². The normalized spacial score (nSPS) is 20.3. The molecule has 0 radical (unpaired) electrons. The average molecular weight is 648 g/mol. The predicted octanol–water partition coefficient (Wildman–Crippen LogP) is 5.15. The van der Waals surface area contributed by atoms with E-state index in [1.807, 2.05) is 36.2 Å². The maximum absolute atomic E-state index is 16.7. The van der Waals surface area contributed by atoms with Crippen LogP contribution in [0.25, 0.3) is 32.9 Å². The van der Waals surface area contributed by atoms with Crippen LogP contribution in [0.15, 0.2) is 55.0 Å². The number of carbonyl (C=O) groups excluding carboxylic acids is 1. The Labute approximate surface area is 269 Å². The molecule has 238 valence electrons. The number of carbonyl (C=O) groups is 1. The zero-order valence-electron chi connectivity index (χ0n) is 25.4. The molecule has 2 saturated heterocycles. The van der Waals surface area contributed by atoms with Crippen molar-refractivity contribution < 1.29 is 23.0 Å². The maximum Gasteiger partial charge on any atom is 0.319 e. The van der Waals surface area contributed by atoms with Gasteiger partial charge in [-0.15, -0.1) is 0 Å². The minimum absolute atomic E-state index is 0.00363. The first-order valence-corrected chi connectivity index (χ1v) is 15.2. The third kappa shape index (κ3) is 5.93. The summed E-state index contributed by atoms with van der Waals surface area (Å²) < 4.78 is 42.1. The average Bonchev–Trinajstić information content (AvgIpc) is 3.42. The Hall–Kier alpha value is -4.44. The molecule has 0 unspecified atom stereocenters. The molecule has 0 aliphatic carbocycles. The van der Waals surface area contributed by atoms with Crippen LogP contribution >= 0.6 is 11.6 Å². The number of halogens is 3. The summed E-state index contributed by atoms with van der Waals surface area (Å²) in [6.45, 7) is 4.60. The number of piperazine rings is 1. The third-order valence-electron chi connectivity index (χ3n) is 8.74. The standard InChI is InChI=1S/C33H32ClF2N7O3/c1-19(35)32(44)43-13-12-42(16-21(43)10-11-37)31-25-15-38-29(24-8-4-6-20-7-5-9-26(34)27(20)24)28(36)30(25)39-33(40-31)46-18-22-14-23(45-3)17-41(22)2/h4-9,15,21-23H,1,10,12-14,16-18H2,2-3H3/t21-,22-,23+/m0/s1. The molecule has 10 nitrogen and oxygen atoms in total. The molecule has 2 aromatic carbocycles. The van der Waals surface area contributed by atoms with E-state index in [4.69, 9.17) is 26.1 Å². The van der Waals surface area contributed by atoms with Crippen molar-refractivity contribution in [2.45, 2.75) is 31.0 Å². The molecule has 2 aromatic heterocycles. The number of rotatable bonds is 8. The van der Waals surface area contributed by atoms with Gasteiger partial charge in [-0.05, 0) is 24.9 Å². The van der Waals surface area contributed by atoms with Gasteiger partial charge in [0.15, 0.2) is 11.6 Å². The van der Waals surface area contributed by atoms with Crippen LogP contribution in [-0.2, 0) is 9.53 Å². The molecule has 2 fully saturated rings. The highest BCUT2D eigenvalue weighted by molar-refractivity contribution is 6.36. The van der Waals surface area contributed by atoms with E-state index in [0.29, 0.717) is 27.2 Å². The summed E-state index contributed by atoms with van der Waals surface area (Å²) in [5.74, 6) is -2.30. The predicted molar refractivity (Wildman–Crippen MR) is 171 cm³/mol. The number of hydrogen-bond donors (Lipinski definition) is 0. The number of aromatic nitrogens is 3. The molecular formula is C33H32ClF2N7O3. The summed E-state index contributed by atoms with van der Waals surface area (Å²) >= 11 is 6.57. The Morgan fingerprint density at radius 3 is 2.67 bits per heavy atom. The molecule has 13 heteroatoms. The molecule has 4 heterocycles. The maximum atomic E-state index is 16.7. The number of benzene rings is 2. The summed E-state index contributed by atoms with van der Waals surface area (Å²) in [6.07, 6.45) is 2.29. The largest absolute Gasteiger partial charge is 0.462 e. The van der Waals surface area contributed by atoms with Crippen LogP contribution in [0.2, 0.25) is 5.02 Å². The van der Waals surface area contributed by atoms with E-state index in [1.54, 1.807) is 19.2 Å². The highest BCUT2D eigenvalue weighted by atomic mass is 35.5.